The van der Waals surface area contributed by atoms with Crippen LogP contribution in [0.3, 0.4) is 0 Å². The molecular weight excluding hydrogens is 262 g/mol. The van der Waals surface area contributed by atoms with Crippen molar-refractivity contribution in [3.05, 3.63) is 35.4 Å². The maximum atomic E-state index is 11.8. The van der Waals surface area contributed by atoms with Crippen LogP contribution in [-0.2, 0) is 4.79 Å². The highest BCUT2D eigenvalue weighted by Crippen LogP contribution is 2.17. The number of hydrogen-bond acceptors (Lipinski definition) is 3. The quantitative estimate of drug-likeness (QED) is 0.772. The third-order valence-electron chi connectivity index (χ3n) is 3.81. The monoisotopic (exact) mass is 291 g/mol. The van der Waals surface area contributed by atoms with Gasteiger partial charge in [0.05, 0.1) is 6.54 Å². The number of rotatable bonds is 8. The number of amides is 1. The van der Waals surface area contributed by atoms with Crippen LogP contribution in [0.5, 0.6) is 0 Å². The van der Waals surface area contributed by atoms with E-state index in [9.17, 15) is 4.79 Å². The molecule has 0 aliphatic heterocycles. The van der Waals surface area contributed by atoms with Crippen molar-refractivity contribution < 1.29 is 4.79 Å². The van der Waals surface area contributed by atoms with Crippen molar-refractivity contribution in [3.63, 3.8) is 0 Å². The lowest BCUT2D eigenvalue weighted by Crippen LogP contribution is -2.39. The van der Waals surface area contributed by atoms with Crippen LogP contribution in [0.15, 0.2) is 24.3 Å². The molecule has 1 rings (SSSR count). The summed E-state index contributed by atoms with van der Waals surface area (Å²) in [6, 6.07) is 8.16. The summed E-state index contributed by atoms with van der Waals surface area (Å²) in [6.45, 7) is 11.1. The maximum Gasteiger partial charge on any atom is 0.234 e. The highest BCUT2D eigenvalue weighted by atomic mass is 16.2. The normalized spacial score (nSPS) is 12.7. The van der Waals surface area contributed by atoms with Crippen LogP contribution in [0.2, 0.25) is 0 Å². The van der Waals surface area contributed by atoms with Gasteiger partial charge in [-0.3, -0.25) is 9.69 Å². The van der Waals surface area contributed by atoms with Gasteiger partial charge in [0.15, 0.2) is 0 Å². The Morgan fingerprint density at radius 2 is 1.67 bits per heavy atom. The Balaban J connectivity index is 2.46. The summed E-state index contributed by atoms with van der Waals surface area (Å²) in [5, 5.41) is 2.91. The summed E-state index contributed by atoms with van der Waals surface area (Å²) >= 11 is 0. The number of likely N-dealkylation sites (N-methyl/N-ethyl adjacent to an activating group) is 1. The summed E-state index contributed by atoms with van der Waals surface area (Å²) in [7, 11) is 0. The van der Waals surface area contributed by atoms with E-state index in [2.05, 4.69) is 62.2 Å². The molecule has 0 aliphatic rings. The summed E-state index contributed by atoms with van der Waals surface area (Å²) in [4.78, 5) is 13.9. The molecule has 1 aromatic carbocycles. The van der Waals surface area contributed by atoms with Crippen molar-refractivity contribution in [2.24, 2.45) is 5.73 Å². The topological polar surface area (TPSA) is 58.4 Å². The fourth-order valence-corrected chi connectivity index (χ4v) is 2.18. The van der Waals surface area contributed by atoms with Gasteiger partial charge < -0.3 is 11.1 Å². The van der Waals surface area contributed by atoms with Gasteiger partial charge in [0.2, 0.25) is 5.91 Å². The predicted molar refractivity (Wildman–Crippen MR) is 88.3 cm³/mol. The fourth-order valence-electron chi connectivity index (χ4n) is 2.18. The van der Waals surface area contributed by atoms with Gasteiger partial charge in [-0.25, -0.2) is 0 Å². The number of nitrogens with two attached hydrogens (primary N) is 1. The molecule has 4 nitrogen and oxygen atoms in total. The number of carbonyl (C=O) groups is 1. The standard InChI is InChI=1S/C17H29N3O/c1-5-20(6-2)12-17(21)19-11-16(18)15-9-7-14(8-10-15)13(3)4/h7-10,13,16H,5-6,11-12,18H2,1-4H3,(H,19,21). The molecule has 118 valence electrons. The zero-order valence-electron chi connectivity index (χ0n) is 13.7. The summed E-state index contributed by atoms with van der Waals surface area (Å²) in [5.74, 6) is 0.553. The number of nitrogens with one attached hydrogen (secondary N) is 1. The molecule has 1 unspecified atom stereocenters. The Morgan fingerprint density at radius 3 is 2.14 bits per heavy atom. The van der Waals surface area contributed by atoms with E-state index in [0.29, 0.717) is 19.0 Å². The van der Waals surface area contributed by atoms with E-state index >= 15 is 0 Å². The first-order valence-electron chi connectivity index (χ1n) is 7.82. The second-order valence-electron chi connectivity index (χ2n) is 5.69. The Labute approximate surface area is 128 Å². The number of hydrogen-bond donors (Lipinski definition) is 2. The molecule has 1 amide bonds. The molecule has 0 saturated carbocycles. The van der Waals surface area contributed by atoms with E-state index in [1.54, 1.807) is 0 Å². The van der Waals surface area contributed by atoms with Crippen LogP contribution in [0, 0.1) is 0 Å². The van der Waals surface area contributed by atoms with Crippen molar-refractivity contribution in [1.29, 1.82) is 0 Å². The zero-order valence-corrected chi connectivity index (χ0v) is 13.7. The molecule has 0 heterocycles. The number of carbonyl (C=O) groups excluding carboxylic acids is 1. The molecule has 0 spiro atoms. The largest absolute Gasteiger partial charge is 0.353 e. The summed E-state index contributed by atoms with van der Waals surface area (Å²) in [5.41, 5.74) is 8.50. The average molecular weight is 291 g/mol. The van der Waals surface area contributed by atoms with E-state index < -0.39 is 0 Å². The maximum absolute atomic E-state index is 11.8. The van der Waals surface area contributed by atoms with E-state index in [1.165, 1.54) is 5.56 Å². The van der Waals surface area contributed by atoms with Crippen LogP contribution in [0.4, 0.5) is 0 Å². The number of nitrogens with zero attached hydrogens (tertiary/aromatic N) is 1. The second kappa shape index (κ2) is 8.80. The Kier molecular flexibility index (Phi) is 7.40. The second-order valence-corrected chi connectivity index (χ2v) is 5.69. The molecular formula is C17H29N3O. The van der Waals surface area contributed by atoms with Crippen molar-refractivity contribution in [2.45, 2.75) is 39.7 Å². The minimum Gasteiger partial charge on any atom is -0.353 e. The highest BCUT2D eigenvalue weighted by molar-refractivity contribution is 5.78. The third-order valence-corrected chi connectivity index (χ3v) is 3.81. The van der Waals surface area contributed by atoms with Crippen LogP contribution >= 0.6 is 0 Å². The molecule has 1 aromatic rings. The molecule has 0 saturated heterocycles. The Morgan fingerprint density at radius 1 is 1.14 bits per heavy atom. The zero-order chi connectivity index (χ0) is 15.8. The van der Waals surface area contributed by atoms with Crippen LogP contribution in [0.25, 0.3) is 0 Å². The minimum atomic E-state index is -0.160. The SMILES string of the molecule is CCN(CC)CC(=O)NCC(N)c1ccc(C(C)C)cc1. The summed E-state index contributed by atoms with van der Waals surface area (Å²) in [6.07, 6.45) is 0. The van der Waals surface area contributed by atoms with E-state index in [0.717, 1.165) is 18.7 Å². The van der Waals surface area contributed by atoms with E-state index in [4.69, 9.17) is 5.73 Å². The summed E-state index contributed by atoms with van der Waals surface area (Å²) < 4.78 is 0. The molecule has 4 heteroatoms. The average Bonchev–Trinajstić information content (AvgIpc) is 2.50. The first-order chi connectivity index (χ1) is 9.97. The van der Waals surface area contributed by atoms with Gasteiger partial charge in [-0.1, -0.05) is 52.0 Å². The molecule has 3 N–H and O–H groups in total. The van der Waals surface area contributed by atoms with Crippen LogP contribution in [-0.4, -0.2) is 37.0 Å². The highest BCUT2D eigenvalue weighted by Gasteiger charge is 2.10. The van der Waals surface area contributed by atoms with E-state index in [1.807, 2.05) is 0 Å². The first kappa shape index (κ1) is 17.7. The van der Waals surface area contributed by atoms with Crippen molar-refractivity contribution in [3.8, 4) is 0 Å². The molecule has 0 radical (unpaired) electrons. The van der Waals surface area contributed by atoms with Gasteiger partial charge >= 0.3 is 0 Å². The van der Waals surface area contributed by atoms with Gasteiger partial charge in [-0.05, 0) is 30.1 Å². The molecule has 0 aromatic heterocycles. The fraction of sp³-hybridized carbons (Fsp3) is 0.588. The van der Waals surface area contributed by atoms with Crippen LogP contribution in [0.1, 0.15) is 50.8 Å². The Hall–Kier alpha value is -1.39. The van der Waals surface area contributed by atoms with Gasteiger partial charge in [0.25, 0.3) is 0 Å². The molecule has 0 bridgehead atoms. The van der Waals surface area contributed by atoms with Gasteiger partial charge in [-0.2, -0.15) is 0 Å². The lowest BCUT2D eigenvalue weighted by Gasteiger charge is -2.19. The lowest BCUT2D eigenvalue weighted by atomic mass is 9.99. The van der Waals surface area contributed by atoms with Crippen molar-refractivity contribution in [2.75, 3.05) is 26.2 Å². The van der Waals surface area contributed by atoms with E-state index in [-0.39, 0.29) is 11.9 Å². The van der Waals surface area contributed by atoms with Gasteiger partial charge in [0, 0.05) is 12.6 Å². The lowest BCUT2D eigenvalue weighted by molar-refractivity contribution is -0.122. The van der Waals surface area contributed by atoms with Gasteiger partial charge in [-0.15, -0.1) is 0 Å². The minimum absolute atomic E-state index is 0.0351. The molecule has 0 aliphatic carbocycles. The van der Waals surface area contributed by atoms with Crippen molar-refractivity contribution >= 4 is 5.91 Å². The third kappa shape index (κ3) is 5.86. The van der Waals surface area contributed by atoms with Crippen molar-refractivity contribution in [1.82, 2.24) is 10.2 Å². The first-order valence-corrected chi connectivity index (χ1v) is 7.82. The molecule has 21 heavy (non-hydrogen) atoms. The van der Waals surface area contributed by atoms with Gasteiger partial charge in [0.1, 0.15) is 0 Å². The predicted octanol–water partition coefficient (Wildman–Crippen LogP) is 2.27. The molecule has 0 fully saturated rings. The smallest absolute Gasteiger partial charge is 0.234 e. The molecule has 1 atom stereocenters. The Bertz CT molecular complexity index is 424. The van der Waals surface area contributed by atoms with Crippen LogP contribution < -0.4 is 11.1 Å². The number of benzene rings is 1.